The molecule has 0 aromatic heterocycles. The van der Waals surface area contributed by atoms with Gasteiger partial charge in [-0.1, -0.05) is 35.4 Å². The quantitative estimate of drug-likeness (QED) is 0.832. The van der Waals surface area contributed by atoms with Gasteiger partial charge in [0.25, 0.3) is 0 Å². The maximum atomic E-state index is 12.6. The molecule has 0 N–H and O–H groups in total. The van der Waals surface area contributed by atoms with Crippen molar-refractivity contribution in [3.8, 4) is 0 Å². The maximum Gasteiger partial charge on any atom is 0.243 e. The summed E-state index contributed by atoms with van der Waals surface area (Å²) < 4.78 is 26.7. The monoisotopic (exact) mass is 275 g/mol. The lowest BCUT2D eigenvalue weighted by Crippen LogP contribution is -2.29. The van der Waals surface area contributed by atoms with Gasteiger partial charge in [0.15, 0.2) is 0 Å². The van der Waals surface area contributed by atoms with E-state index >= 15 is 0 Å². The Hall–Kier alpha value is -1.39. The minimum Gasteiger partial charge on any atom is -0.207 e. The summed E-state index contributed by atoms with van der Waals surface area (Å²) in [4.78, 5) is 0.391. The number of allylic oxidation sites excluding steroid dienone is 1. The molecule has 4 heteroatoms. The van der Waals surface area contributed by atoms with Crippen LogP contribution in [0.5, 0.6) is 0 Å². The topological polar surface area (TPSA) is 37.4 Å². The van der Waals surface area contributed by atoms with E-state index < -0.39 is 10.0 Å². The van der Waals surface area contributed by atoms with Crippen molar-refractivity contribution in [1.29, 1.82) is 0 Å². The van der Waals surface area contributed by atoms with Crippen LogP contribution in [0.2, 0.25) is 0 Å². The van der Waals surface area contributed by atoms with Crippen LogP contribution in [-0.4, -0.2) is 25.8 Å². The standard InChI is InChI=1S/C15H17NO2S/c1-12-6-8-15(9-7-12)19(17,18)16-10-13-4-2-3-5-14(13)11-16/h2,4,6-9H,3,5,10-11H2,1H3. The summed E-state index contributed by atoms with van der Waals surface area (Å²) in [6, 6.07) is 7.07. The van der Waals surface area contributed by atoms with Gasteiger partial charge in [-0.15, -0.1) is 0 Å². The summed E-state index contributed by atoms with van der Waals surface area (Å²) >= 11 is 0. The summed E-state index contributed by atoms with van der Waals surface area (Å²) in [5.41, 5.74) is 3.53. The zero-order valence-corrected chi connectivity index (χ0v) is 11.8. The van der Waals surface area contributed by atoms with Crippen LogP contribution in [-0.2, 0) is 10.0 Å². The predicted molar refractivity (Wildman–Crippen MR) is 75.3 cm³/mol. The van der Waals surface area contributed by atoms with Crippen LogP contribution in [0.1, 0.15) is 18.4 Å². The van der Waals surface area contributed by atoms with Gasteiger partial charge in [-0.2, -0.15) is 4.31 Å². The minimum absolute atomic E-state index is 0.391. The number of hydrogen-bond acceptors (Lipinski definition) is 2. The Bertz CT molecular complexity index is 654. The number of sulfonamides is 1. The summed E-state index contributed by atoms with van der Waals surface area (Å²) in [5.74, 6) is 0. The fourth-order valence-corrected chi connectivity index (χ4v) is 4.01. The first kappa shape index (κ1) is 12.6. The van der Waals surface area contributed by atoms with Crippen LogP contribution < -0.4 is 0 Å². The molecule has 0 amide bonds. The van der Waals surface area contributed by atoms with E-state index in [0.717, 1.165) is 18.4 Å². The van der Waals surface area contributed by atoms with Crippen molar-refractivity contribution >= 4 is 10.0 Å². The second-order valence-corrected chi connectivity index (χ2v) is 7.09. The highest BCUT2D eigenvalue weighted by molar-refractivity contribution is 7.89. The zero-order valence-electron chi connectivity index (χ0n) is 11.0. The summed E-state index contributed by atoms with van der Waals surface area (Å²) in [6.07, 6.45) is 6.22. The highest BCUT2D eigenvalue weighted by Gasteiger charge is 2.31. The molecule has 1 aliphatic carbocycles. The number of rotatable bonds is 2. The van der Waals surface area contributed by atoms with Crippen molar-refractivity contribution in [3.05, 3.63) is 53.1 Å². The molecule has 0 saturated heterocycles. The van der Waals surface area contributed by atoms with E-state index in [1.165, 1.54) is 11.1 Å². The second kappa shape index (κ2) is 4.62. The molecule has 0 radical (unpaired) electrons. The first-order chi connectivity index (χ1) is 9.07. The average molecular weight is 275 g/mol. The van der Waals surface area contributed by atoms with Gasteiger partial charge >= 0.3 is 0 Å². The van der Waals surface area contributed by atoms with Gasteiger partial charge in [0.2, 0.25) is 10.0 Å². The van der Waals surface area contributed by atoms with Crippen molar-refractivity contribution in [3.63, 3.8) is 0 Å². The van der Waals surface area contributed by atoms with Gasteiger partial charge in [0, 0.05) is 13.1 Å². The molecule has 0 saturated carbocycles. The molecule has 0 spiro atoms. The van der Waals surface area contributed by atoms with Crippen LogP contribution in [0.3, 0.4) is 0 Å². The third-order valence-electron chi connectivity index (χ3n) is 3.76. The first-order valence-electron chi connectivity index (χ1n) is 6.51. The van der Waals surface area contributed by atoms with Crippen LogP contribution >= 0.6 is 0 Å². The molecule has 1 aromatic rings. The van der Waals surface area contributed by atoms with E-state index in [9.17, 15) is 8.42 Å². The molecule has 3 rings (SSSR count). The van der Waals surface area contributed by atoms with Gasteiger partial charge < -0.3 is 0 Å². The van der Waals surface area contributed by atoms with Crippen molar-refractivity contribution in [2.75, 3.05) is 13.1 Å². The molecule has 0 unspecified atom stereocenters. The van der Waals surface area contributed by atoms with Crippen LogP contribution in [0, 0.1) is 6.92 Å². The minimum atomic E-state index is -3.36. The largest absolute Gasteiger partial charge is 0.243 e. The molecular formula is C15H17NO2S. The number of aryl methyl sites for hydroxylation is 1. The molecular weight excluding hydrogens is 258 g/mol. The number of benzene rings is 1. The zero-order chi connectivity index (χ0) is 13.5. The van der Waals surface area contributed by atoms with Gasteiger partial charge in [0.05, 0.1) is 4.90 Å². The number of nitrogens with zero attached hydrogens (tertiary/aromatic N) is 1. The average Bonchev–Trinajstić information content (AvgIpc) is 2.83. The van der Waals surface area contributed by atoms with Crippen molar-refractivity contribution in [1.82, 2.24) is 4.31 Å². The second-order valence-electron chi connectivity index (χ2n) is 5.16. The molecule has 2 aliphatic rings. The van der Waals surface area contributed by atoms with Gasteiger partial charge in [-0.25, -0.2) is 8.42 Å². The molecule has 1 aromatic carbocycles. The van der Waals surface area contributed by atoms with Crippen molar-refractivity contribution < 1.29 is 8.42 Å². The summed E-state index contributed by atoms with van der Waals surface area (Å²) in [6.45, 7) is 3.02. The molecule has 1 heterocycles. The molecule has 0 fully saturated rings. The van der Waals surface area contributed by atoms with E-state index in [-0.39, 0.29) is 0 Å². The molecule has 3 nitrogen and oxygen atoms in total. The Kier molecular flexibility index (Phi) is 3.07. The van der Waals surface area contributed by atoms with Crippen LogP contribution in [0.15, 0.2) is 52.5 Å². The third-order valence-corrected chi connectivity index (χ3v) is 5.56. The van der Waals surface area contributed by atoms with Crippen LogP contribution in [0.25, 0.3) is 0 Å². The SMILES string of the molecule is Cc1ccc(S(=O)(=O)N2CC3=C(CCC=C3)C2)cc1. The highest BCUT2D eigenvalue weighted by Crippen LogP contribution is 2.30. The molecule has 100 valence electrons. The van der Waals surface area contributed by atoms with Crippen molar-refractivity contribution in [2.45, 2.75) is 24.7 Å². The van der Waals surface area contributed by atoms with E-state index in [2.05, 4.69) is 12.2 Å². The first-order valence-corrected chi connectivity index (χ1v) is 7.95. The Morgan fingerprint density at radius 2 is 1.84 bits per heavy atom. The van der Waals surface area contributed by atoms with Gasteiger partial charge in [0.1, 0.15) is 0 Å². The van der Waals surface area contributed by atoms with E-state index in [1.54, 1.807) is 16.4 Å². The Labute approximate surface area is 114 Å². The van der Waals surface area contributed by atoms with Crippen molar-refractivity contribution in [2.24, 2.45) is 0 Å². The summed E-state index contributed by atoms with van der Waals surface area (Å²) in [5, 5.41) is 0. The molecule has 0 bridgehead atoms. The van der Waals surface area contributed by atoms with Gasteiger partial charge in [-0.3, -0.25) is 0 Å². The lowest BCUT2D eigenvalue weighted by atomic mass is 10.0. The fourth-order valence-electron chi connectivity index (χ4n) is 2.59. The van der Waals surface area contributed by atoms with Gasteiger partial charge in [-0.05, 0) is 37.5 Å². The lowest BCUT2D eigenvalue weighted by Gasteiger charge is -2.16. The molecule has 1 aliphatic heterocycles. The third kappa shape index (κ3) is 2.26. The van der Waals surface area contributed by atoms with E-state index in [4.69, 9.17) is 0 Å². The predicted octanol–water partition coefficient (Wildman–Crippen LogP) is 2.65. The normalized spacial score (nSPS) is 19.8. The van der Waals surface area contributed by atoms with E-state index in [0.29, 0.717) is 18.0 Å². The lowest BCUT2D eigenvalue weighted by molar-refractivity contribution is 0.481. The molecule has 0 atom stereocenters. The van der Waals surface area contributed by atoms with E-state index in [1.807, 2.05) is 19.1 Å². The molecule has 19 heavy (non-hydrogen) atoms. The maximum absolute atomic E-state index is 12.6. The Morgan fingerprint density at radius 3 is 2.53 bits per heavy atom. The Morgan fingerprint density at radius 1 is 1.11 bits per heavy atom. The fraction of sp³-hybridized carbons (Fsp3) is 0.333. The smallest absolute Gasteiger partial charge is 0.207 e. The van der Waals surface area contributed by atoms with Crippen LogP contribution in [0.4, 0.5) is 0 Å². The number of hydrogen-bond donors (Lipinski definition) is 0. The highest BCUT2D eigenvalue weighted by atomic mass is 32.2. The summed E-state index contributed by atoms with van der Waals surface area (Å²) in [7, 11) is -3.36. The Balaban J connectivity index is 1.87.